The average Bonchev–Trinajstić information content (AvgIpc) is 2.84. The lowest BCUT2D eigenvalue weighted by Crippen LogP contribution is -2.26. The molecule has 1 amide bonds. The molecule has 0 saturated carbocycles. The average molecular weight is 520 g/mol. The molecule has 0 saturated heterocycles. The number of rotatable bonds is 23. The summed E-state index contributed by atoms with van der Waals surface area (Å²) in [4.78, 5) is 32.4. The van der Waals surface area contributed by atoms with Gasteiger partial charge in [0.1, 0.15) is 12.7 Å². The number of phosphoric acid groups is 1. The van der Waals surface area contributed by atoms with Crippen molar-refractivity contribution < 1.29 is 37.9 Å². The lowest BCUT2D eigenvalue weighted by Gasteiger charge is -2.15. The van der Waals surface area contributed by atoms with Crippen LogP contribution >= 0.6 is 7.82 Å². The Morgan fingerprint density at radius 1 is 0.914 bits per heavy atom. The lowest BCUT2D eigenvalue weighted by atomic mass is 10.1. The van der Waals surface area contributed by atoms with Crippen LogP contribution in [0.15, 0.2) is 24.3 Å². The zero-order valence-corrected chi connectivity index (χ0v) is 22.4. The first kappa shape index (κ1) is 33.5. The standard InChI is InChI=1S/C25H46NO8P/c1-3-5-6-7-8-9-10-11-12-13-14-15-16-17-18-25(29)32-21-23(27)22-34-35(30,31)33-20-19-26-24(28)4-2/h7-8,10-11,23,27H,3-6,9,12-22H2,1-2H3,(H,26,28)(H,30,31)/b8-7-,11-10-. The maximum atomic E-state index is 11.8. The second kappa shape index (κ2) is 22.9. The number of hydrogen-bond donors (Lipinski definition) is 3. The van der Waals surface area contributed by atoms with Crippen LogP contribution < -0.4 is 5.32 Å². The van der Waals surface area contributed by atoms with Gasteiger partial charge in [0.2, 0.25) is 5.91 Å². The molecular formula is C25H46NO8P. The summed E-state index contributed by atoms with van der Waals surface area (Å²) in [7, 11) is -4.37. The molecule has 3 N–H and O–H groups in total. The number of aliphatic hydroxyl groups is 1. The zero-order valence-electron chi connectivity index (χ0n) is 21.5. The van der Waals surface area contributed by atoms with E-state index in [4.69, 9.17) is 4.74 Å². The van der Waals surface area contributed by atoms with Crippen molar-refractivity contribution in [1.82, 2.24) is 5.32 Å². The monoisotopic (exact) mass is 519 g/mol. The predicted octanol–water partition coefficient (Wildman–Crippen LogP) is 4.97. The van der Waals surface area contributed by atoms with Gasteiger partial charge in [-0.1, -0.05) is 70.3 Å². The number of ether oxygens (including phenoxy) is 1. The number of esters is 1. The van der Waals surface area contributed by atoms with Crippen molar-refractivity contribution in [3.63, 3.8) is 0 Å². The fourth-order valence-electron chi connectivity index (χ4n) is 2.89. The third-order valence-corrected chi connectivity index (χ3v) is 5.93. The molecule has 0 aromatic rings. The summed E-state index contributed by atoms with van der Waals surface area (Å²) < 4.78 is 26.0. The SMILES string of the molecule is CCCC/C=C\C/C=C\CCCCCCCC(=O)OCC(O)COP(=O)(O)OCCNC(=O)CC. The van der Waals surface area contributed by atoms with Crippen LogP contribution in [0.2, 0.25) is 0 Å². The van der Waals surface area contributed by atoms with Gasteiger partial charge in [-0.05, 0) is 32.1 Å². The lowest BCUT2D eigenvalue weighted by molar-refractivity contribution is -0.147. The van der Waals surface area contributed by atoms with Crippen molar-refractivity contribution in [2.24, 2.45) is 0 Å². The zero-order chi connectivity index (χ0) is 26.2. The van der Waals surface area contributed by atoms with Crippen LogP contribution in [0.3, 0.4) is 0 Å². The quantitative estimate of drug-likeness (QED) is 0.0746. The van der Waals surface area contributed by atoms with Crippen LogP contribution in [0, 0.1) is 0 Å². The Labute approximate surface area is 210 Å². The van der Waals surface area contributed by atoms with E-state index in [1.165, 1.54) is 12.8 Å². The number of aliphatic hydroxyl groups excluding tert-OH is 1. The third kappa shape index (κ3) is 24.0. The molecule has 2 atom stereocenters. The molecule has 0 heterocycles. The van der Waals surface area contributed by atoms with Crippen LogP contribution in [-0.2, 0) is 27.9 Å². The molecule has 0 rings (SSSR count). The predicted molar refractivity (Wildman–Crippen MR) is 137 cm³/mol. The molecule has 204 valence electrons. The maximum absolute atomic E-state index is 11.8. The fraction of sp³-hybridized carbons (Fsp3) is 0.760. The summed E-state index contributed by atoms with van der Waals surface area (Å²) in [6.45, 7) is 2.88. The number of carbonyl (C=O) groups excluding carboxylic acids is 2. The molecule has 0 aliphatic carbocycles. The third-order valence-electron chi connectivity index (χ3n) is 4.95. The number of amides is 1. The van der Waals surface area contributed by atoms with E-state index < -0.39 is 26.5 Å². The molecule has 0 aromatic heterocycles. The van der Waals surface area contributed by atoms with Gasteiger partial charge in [-0.15, -0.1) is 0 Å². The number of carbonyl (C=O) groups is 2. The highest BCUT2D eigenvalue weighted by molar-refractivity contribution is 7.47. The van der Waals surface area contributed by atoms with E-state index in [9.17, 15) is 24.2 Å². The van der Waals surface area contributed by atoms with Gasteiger partial charge in [-0.25, -0.2) is 4.57 Å². The maximum Gasteiger partial charge on any atom is 0.472 e. The normalized spacial score (nSPS) is 14.3. The molecule has 0 fully saturated rings. The second-order valence-electron chi connectivity index (χ2n) is 8.27. The van der Waals surface area contributed by atoms with Crippen molar-refractivity contribution >= 4 is 19.7 Å². The molecule has 0 aliphatic rings. The van der Waals surface area contributed by atoms with Gasteiger partial charge in [0.05, 0.1) is 13.2 Å². The molecule has 2 unspecified atom stereocenters. The molecule has 0 radical (unpaired) electrons. The molecule has 10 heteroatoms. The second-order valence-corrected chi connectivity index (χ2v) is 9.72. The van der Waals surface area contributed by atoms with Crippen LogP contribution in [0.4, 0.5) is 0 Å². The number of allylic oxidation sites excluding steroid dienone is 4. The van der Waals surface area contributed by atoms with Crippen LogP contribution in [0.25, 0.3) is 0 Å². The van der Waals surface area contributed by atoms with Gasteiger partial charge >= 0.3 is 13.8 Å². The summed E-state index contributed by atoms with van der Waals surface area (Å²) in [6, 6.07) is 0. The van der Waals surface area contributed by atoms with E-state index in [1.54, 1.807) is 6.92 Å². The molecule has 0 aliphatic heterocycles. The largest absolute Gasteiger partial charge is 0.472 e. The van der Waals surface area contributed by atoms with Gasteiger partial charge in [-0.3, -0.25) is 18.6 Å². The van der Waals surface area contributed by atoms with Gasteiger partial charge in [0.15, 0.2) is 0 Å². The summed E-state index contributed by atoms with van der Waals surface area (Å²) in [5.41, 5.74) is 0. The first-order valence-corrected chi connectivity index (χ1v) is 14.3. The summed E-state index contributed by atoms with van der Waals surface area (Å²) in [5.74, 6) is -0.627. The topological polar surface area (TPSA) is 131 Å². The Morgan fingerprint density at radius 3 is 2.26 bits per heavy atom. The smallest absolute Gasteiger partial charge is 0.463 e. The first-order chi connectivity index (χ1) is 16.8. The Bertz CT molecular complexity index is 653. The van der Waals surface area contributed by atoms with E-state index in [1.807, 2.05) is 0 Å². The van der Waals surface area contributed by atoms with Crippen molar-refractivity contribution in [1.29, 1.82) is 0 Å². The van der Waals surface area contributed by atoms with Crippen molar-refractivity contribution in [2.45, 2.75) is 97.0 Å². The number of phosphoric ester groups is 1. The highest BCUT2D eigenvalue weighted by atomic mass is 31.2. The van der Waals surface area contributed by atoms with Crippen molar-refractivity contribution in [2.75, 3.05) is 26.4 Å². The van der Waals surface area contributed by atoms with Crippen molar-refractivity contribution in [3.8, 4) is 0 Å². The van der Waals surface area contributed by atoms with Gasteiger partial charge in [0.25, 0.3) is 0 Å². The molecule has 0 spiro atoms. The van der Waals surface area contributed by atoms with E-state index in [-0.39, 0.29) is 32.1 Å². The summed E-state index contributed by atoms with van der Waals surface area (Å²) in [6.07, 6.45) is 18.9. The van der Waals surface area contributed by atoms with E-state index in [0.29, 0.717) is 6.42 Å². The van der Waals surface area contributed by atoms with Crippen LogP contribution in [0.1, 0.15) is 90.9 Å². The minimum atomic E-state index is -4.37. The first-order valence-electron chi connectivity index (χ1n) is 12.8. The van der Waals surface area contributed by atoms with Crippen LogP contribution in [-0.4, -0.2) is 54.3 Å². The molecule has 0 aromatic carbocycles. The minimum absolute atomic E-state index is 0.0644. The molecule has 0 bridgehead atoms. The van der Waals surface area contributed by atoms with E-state index >= 15 is 0 Å². The number of hydrogen-bond acceptors (Lipinski definition) is 7. The highest BCUT2D eigenvalue weighted by Gasteiger charge is 2.23. The minimum Gasteiger partial charge on any atom is -0.463 e. The molecular weight excluding hydrogens is 473 g/mol. The Hall–Kier alpha value is -1.51. The van der Waals surface area contributed by atoms with E-state index in [0.717, 1.165) is 51.4 Å². The molecule has 35 heavy (non-hydrogen) atoms. The Kier molecular flexibility index (Phi) is 21.9. The van der Waals surface area contributed by atoms with Crippen molar-refractivity contribution in [3.05, 3.63) is 24.3 Å². The molecule has 9 nitrogen and oxygen atoms in total. The fourth-order valence-corrected chi connectivity index (χ4v) is 3.65. The van der Waals surface area contributed by atoms with Gasteiger partial charge < -0.3 is 20.1 Å². The van der Waals surface area contributed by atoms with Crippen LogP contribution in [0.5, 0.6) is 0 Å². The number of nitrogens with one attached hydrogen (secondary N) is 1. The summed E-state index contributed by atoms with van der Waals surface area (Å²) in [5, 5.41) is 12.3. The Balaban J connectivity index is 3.65. The summed E-state index contributed by atoms with van der Waals surface area (Å²) >= 11 is 0. The highest BCUT2D eigenvalue weighted by Crippen LogP contribution is 2.42. The van der Waals surface area contributed by atoms with E-state index in [2.05, 4.69) is 45.6 Å². The van der Waals surface area contributed by atoms with Gasteiger partial charge in [-0.2, -0.15) is 0 Å². The Morgan fingerprint density at radius 2 is 1.57 bits per heavy atom. The number of unbranched alkanes of at least 4 members (excludes halogenated alkanes) is 7. The van der Waals surface area contributed by atoms with Gasteiger partial charge in [0, 0.05) is 19.4 Å².